The Morgan fingerprint density at radius 1 is 1.35 bits per heavy atom. The second kappa shape index (κ2) is 8.64. The van der Waals surface area contributed by atoms with Gasteiger partial charge in [0.15, 0.2) is 0 Å². The summed E-state index contributed by atoms with van der Waals surface area (Å²) in [7, 11) is 0. The Labute approximate surface area is 152 Å². The van der Waals surface area contributed by atoms with E-state index in [1.807, 2.05) is 31.4 Å². The van der Waals surface area contributed by atoms with Crippen molar-refractivity contribution in [2.75, 3.05) is 0 Å². The maximum absolute atomic E-state index is 12.4. The fourth-order valence-corrected chi connectivity index (χ4v) is 3.39. The maximum atomic E-state index is 12.4. The number of aromatic nitrogens is 1. The van der Waals surface area contributed by atoms with E-state index in [9.17, 15) is 4.79 Å². The standard InChI is InChI=1S/C16H19N3OS.2ClH/c1-10-9-21-16(18-10)11(2)19-15(20)14-7-12-5-3-4-6-13(12)8-17-14;;/h3-6,9,11,14,17H,7-8H2,1-2H3,(H,19,20);2*1H. The van der Waals surface area contributed by atoms with Gasteiger partial charge in [-0.25, -0.2) is 4.98 Å². The van der Waals surface area contributed by atoms with Gasteiger partial charge in [-0.1, -0.05) is 24.3 Å². The maximum Gasteiger partial charge on any atom is 0.238 e. The van der Waals surface area contributed by atoms with Gasteiger partial charge in [-0.15, -0.1) is 36.2 Å². The molecular weight excluding hydrogens is 353 g/mol. The number of hydrogen-bond donors (Lipinski definition) is 2. The lowest BCUT2D eigenvalue weighted by atomic mass is 9.95. The Bertz CT molecular complexity index is 662. The van der Waals surface area contributed by atoms with E-state index >= 15 is 0 Å². The van der Waals surface area contributed by atoms with Gasteiger partial charge in [0.05, 0.1) is 12.1 Å². The topological polar surface area (TPSA) is 54.0 Å². The molecule has 1 aliphatic rings. The summed E-state index contributed by atoms with van der Waals surface area (Å²) in [5, 5.41) is 9.33. The highest BCUT2D eigenvalue weighted by Gasteiger charge is 2.25. The average Bonchev–Trinajstić information content (AvgIpc) is 2.93. The monoisotopic (exact) mass is 373 g/mol. The van der Waals surface area contributed by atoms with Crippen LogP contribution in [0, 0.1) is 6.92 Å². The van der Waals surface area contributed by atoms with Gasteiger partial charge < -0.3 is 10.6 Å². The molecule has 2 atom stereocenters. The van der Waals surface area contributed by atoms with Crippen LogP contribution in [0.15, 0.2) is 29.6 Å². The highest BCUT2D eigenvalue weighted by atomic mass is 35.5. The molecule has 4 nitrogen and oxygen atoms in total. The number of amides is 1. The molecule has 0 aliphatic carbocycles. The molecule has 0 fully saturated rings. The minimum atomic E-state index is -0.164. The van der Waals surface area contributed by atoms with Crippen molar-refractivity contribution in [1.82, 2.24) is 15.6 Å². The Morgan fingerprint density at radius 3 is 2.70 bits per heavy atom. The van der Waals surface area contributed by atoms with Crippen molar-refractivity contribution in [3.63, 3.8) is 0 Å². The molecule has 1 amide bonds. The molecule has 0 radical (unpaired) electrons. The molecule has 0 spiro atoms. The predicted octanol–water partition coefficient (Wildman–Crippen LogP) is 3.19. The molecule has 2 unspecified atom stereocenters. The molecule has 0 saturated heterocycles. The van der Waals surface area contributed by atoms with E-state index in [4.69, 9.17) is 0 Å². The van der Waals surface area contributed by atoms with E-state index in [1.165, 1.54) is 11.1 Å². The Kier molecular flexibility index (Phi) is 7.48. The van der Waals surface area contributed by atoms with E-state index in [1.54, 1.807) is 11.3 Å². The normalized spacial score (nSPS) is 17.2. The molecule has 3 rings (SSSR count). The van der Waals surface area contributed by atoms with Crippen LogP contribution in [-0.2, 0) is 17.8 Å². The van der Waals surface area contributed by atoms with Crippen LogP contribution in [-0.4, -0.2) is 16.9 Å². The summed E-state index contributed by atoms with van der Waals surface area (Å²) < 4.78 is 0. The molecule has 2 N–H and O–H groups in total. The molecule has 1 aliphatic heterocycles. The number of benzene rings is 1. The third-order valence-corrected chi connectivity index (χ3v) is 4.91. The van der Waals surface area contributed by atoms with Gasteiger partial charge in [0, 0.05) is 17.6 Å². The van der Waals surface area contributed by atoms with Gasteiger partial charge >= 0.3 is 0 Å². The largest absolute Gasteiger partial charge is 0.346 e. The highest BCUT2D eigenvalue weighted by Crippen LogP contribution is 2.19. The molecular formula is C16H21Cl2N3OS. The van der Waals surface area contributed by atoms with Crippen molar-refractivity contribution >= 4 is 42.1 Å². The van der Waals surface area contributed by atoms with Gasteiger partial charge in [-0.3, -0.25) is 4.79 Å². The SMILES string of the molecule is Cc1csc(C(C)NC(=O)C2Cc3ccccc3CN2)n1.Cl.Cl. The van der Waals surface area contributed by atoms with Crippen LogP contribution >= 0.6 is 36.2 Å². The van der Waals surface area contributed by atoms with E-state index in [0.717, 1.165) is 23.7 Å². The number of aryl methyl sites for hydroxylation is 1. The molecule has 0 bridgehead atoms. The number of fused-ring (bicyclic) bond motifs is 1. The van der Waals surface area contributed by atoms with Crippen LogP contribution in [0.25, 0.3) is 0 Å². The summed E-state index contributed by atoms with van der Waals surface area (Å²) in [4.78, 5) is 16.8. The van der Waals surface area contributed by atoms with Crippen LogP contribution in [0.4, 0.5) is 0 Å². The third-order valence-electron chi connectivity index (χ3n) is 3.76. The average molecular weight is 374 g/mol. The number of nitrogens with one attached hydrogen (secondary N) is 2. The Morgan fingerprint density at radius 2 is 2.04 bits per heavy atom. The van der Waals surface area contributed by atoms with E-state index in [-0.39, 0.29) is 42.8 Å². The van der Waals surface area contributed by atoms with Crippen molar-refractivity contribution < 1.29 is 4.79 Å². The van der Waals surface area contributed by atoms with Gasteiger partial charge in [0.1, 0.15) is 5.01 Å². The van der Waals surface area contributed by atoms with Crippen molar-refractivity contribution in [1.29, 1.82) is 0 Å². The summed E-state index contributed by atoms with van der Waals surface area (Å²) in [6.45, 7) is 4.69. The summed E-state index contributed by atoms with van der Waals surface area (Å²) >= 11 is 1.59. The summed E-state index contributed by atoms with van der Waals surface area (Å²) in [5.41, 5.74) is 3.54. The molecule has 1 aromatic heterocycles. The second-order valence-electron chi connectivity index (χ2n) is 5.46. The van der Waals surface area contributed by atoms with Gasteiger partial charge in [-0.05, 0) is 31.4 Å². The molecule has 1 aromatic carbocycles. The van der Waals surface area contributed by atoms with Crippen LogP contribution in [0.5, 0.6) is 0 Å². The highest BCUT2D eigenvalue weighted by molar-refractivity contribution is 7.09. The minimum absolute atomic E-state index is 0. The van der Waals surface area contributed by atoms with Crippen molar-refractivity contribution in [3.05, 3.63) is 51.5 Å². The van der Waals surface area contributed by atoms with Crippen molar-refractivity contribution in [3.8, 4) is 0 Å². The smallest absolute Gasteiger partial charge is 0.238 e. The van der Waals surface area contributed by atoms with Crippen LogP contribution in [0.3, 0.4) is 0 Å². The van der Waals surface area contributed by atoms with Gasteiger partial charge in [0.2, 0.25) is 5.91 Å². The lowest BCUT2D eigenvalue weighted by Gasteiger charge is -2.26. The molecule has 2 heterocycles. The molecule has 7 heteroatoms. The van der Waals surface area contributed by atoms with E-state index < -0.39 is 0 Å². The van der Waals surface area contributed by atoms with Gasteiger partial charge in [-0.2, -0.15) is 0 Å². The summed E-state index contributed by atoms with van der Waals surface area (Å²) in [5.74, 6) is 0.0462. The fraction of sp³-hybridized carbons (Fsp3) is 0.375. The van der Waals surface area contributed by atoms with Crippen molar-refractivity contribution in [2.24, 2.45) is 0 Å². The lowest BCUT2D eigenvalue weighted by Crippen LogP contribution is -2.48. The first-order valence-electron chi connectivity index (χ1n) is 7.16. The van der Waals surface area contributed by atoms with Crippen LogP contribution in [0.2, 0.25) is 0 Å². The zero-order valence-electron chi connectivity index (χ0n) is 13.0. The Balaban J connectivity index is 0.00000132. The zero-order valence-corrected chi connectivity index (χ0v) is 15.5. The number of rotatable bonds is 3. The molecule has 126 valence electrons. The number of carbonyl (C=O) groups is 1. The van der Waals surface area contributed by atoms with Crippen LogP contribution in [0.1, 0.15) is 34.8 Å². The first kappa shape index (κ1) is 19.9. The minimum Gasteiger partial charge on any atom is -0.346 e. The molecule has 2 aromatic rings. The Hall–Kier alpha value is -1.14. The van der Waals surface area contributed by atoms with Gasteiger partial charge in [0.25, 0.3) is 0 Å². The van der Waals surface area contributed by atoms with Crippen LogP contribution < -0.4 is 10.6 Å². The first-order valence-corrected chi connectivity index (χ1v) is 8.04. The van der Waals surface area contributed by atoms with E-state index in [2.05, 4.69) is 27.8 Å². The number of hydrogen-bond acceptors (Lipinski definition) is 4. The lowest BCUT2D eigenvalue weighted by molar-refractivity contribution is -0.124. The fourth-order valence-electron chi connectivity index (χ4n) is 2.59. The number of thiazole rings is 1. The number of carbonyl (C=O) groups excluding carboxylic acids is 1. The third kappa shape index (κ3) is 4.67. The van der Waals surface area contributed by atoms with E-state index in [0.29, 0.717) is 0 Å². The summed E-state index contributed by atoms with van der Waals surface area (Å²) in [6, 6.07) is 8.06. The molecule has 0 saturated carbocycles. The van der Waals surface area contributed by atoms with Crippen molar-refractivity contribution in [2.45, 2.75) is 38.9 Å². The zero-order chi connectivity index (χ0) is 14.8. The predicted molar refractivity (Wildman–Crippen MR) is 98.7 cm³/mol. The number of halogens is 2. The second-order valence-corrected chi connectivity index (χ2v) is 6.35. The number of nitrogens with zero attached hydrogens (tertiary/aromatic N) is 1. The molecule has 23 heavy (non-hydrogen) atoms. The first-order chi connectivity index (χ1) is 10.1. The summed E-state index contributed by atoms with van der Waals surface area (Å²) in [6.07, 6.45) is 0.742. The quantitative estimate of drug-likeness (QED) is 0.868.